The van der Waals surface area contributed by atoms with Crippen LogP contribution in [0.2, 0.25) is 0 Å². The van der Waals surface area contributed by atoms with Crippen molar-refractivity contribution in [1.29, 1.82) is 0 Å². The summed E-state index contributed by atoms with van der Waals surface area (Å²) >= 11 is 0. The zero-order valence-electron chi connectivity index (χ0n) is 11.1. The molecule has 2 N–H and O–H groups in total. The highest BCUT2D eigenvalue weighted by Gasteiger charge is 2.08. The highest BCUT2D eigenvalue weighted by atomic mass is 16.3. The molecule has 1 aromatic carbocycles. The summed E-state index contributed by atoms with van der Waals surface area (Å²) in [7, 11) is 0. The number of benzene rings is 1. The Morgan fingerprint density at radius 1 is 1.35 bits per heavy atom. The number of rotatable bonds is 4. The molecule has 0 fully saturated rings. The summed E-state index contributed by atoms with van der Waals surface area (Å²) in [6, 6.07) is 5.79. The normalized spacial score (nSPS) is 14.2. The highest BCUT2D eigenvalue weighted by Crippen LogP contribution is 2.25. The molecule has 0 heterocycles. The molecule has 0 aliphatic rings. The van der Waals surface area contributed by atoms with E-state index in [1.165, 1.54) is 0 Å². The summed E-state index contributed by atoms with van der Waals surface area (Å²) in [6.45, 7) is 7.51. The van der Waals surface area contributed by atoms with Crippen LogP contribution in [0.4, 0.5) is 0 Å². The van der Waals surface area contributed by atoms with Gasteiger partial charge >= 0.3 is 0 Å². The standard InChI is InChI=1S/C15H22O2/c1-11(6-5-9-15(3,4)17)13-8-7-12(2)14(16)10-13/h5,7-11,16-17H,6H2,1-4H3/b9-5+/t11-/m1/s1. The first-order valence-electron chi connectivity index (χ1n) is 5.99. The molecule has 1 aromatic rings. The van der Waals surface area contributed by atoms with E-state index < -0.39 is 5.60 Å². The van der Waals surface area contributed by atoms with Crippen LogP contribution in [0, 0.1) is 6.92 Å². The Morgan fingerprint density at radius 2 is 2.00 bits per heavy atom. The number of hydrogen-bond acceptors (Lipinski definition) is 2. The first kappa shape index (κ1) is 13.8. The predicted molar refractivity (Wildman–Crippen MR) is 71.3 cm³/mol. The lowest BCUT2D eigenvalue weighted by atomic mass is 9.95. The maximum Gasteiger partial charge on any atom is 0.118 e. The van der Waals surface area contributed by atoms with Gasteiger partial charge in [0.25, 0.3) is 0 Å². The van der Waals surface area contributed by atoms with Crippen LogP contribution in [0.25, 0.3) is 0 Å². The minimum atomic E-state index is -0.755. The van der Waals surface area contributed by atoms with Crippen molar-refractivity contribution in [3.63, 3.8) is 0 Å². The van der Waals surface area contributed by atoms with Crippen molar-refractivity contribution in [2.75, 3.05) is 0 Å². The van der Waals surface area contributed by atoms with Gasteiger partial charge in [0.1, 0.15) is 5.75 Å². The Hall–Kier alpha value is -1.28. The van der Waals surface area contributed by atoms with E-state index >= 15 is 0 Å². The van der Waals surface area contributed by atoms with E-state index in [9.17, 15) is 10.2 Å². The first-order valence-corrected chi connectivity index (χ1v) is 5.99. The van der Waals surface area contributed by atoms with Gasteiger partial charge in [0.15, 0.2) is 0 Å². The lowest BCUT2D eigenvalue weighted by Crippen LogP contribution is -2.13. The third-order valence-corrected chi connectivity index (χ3v) is 2.82. The molecule has 0 saturated heterocycles. The second kappa shape index (κ2) is 5.37. The predicted octanol–water partition coefficient (Wildman–Crippen LogP) is 3.52. The van der Waals surface area contributed by atoms with Gasteiger partial charge in [-0.1, -0.05) is 31.2 Å². The van der Waals surface area contributed by atoms with Gasteiger partial charge in [-0.2, -0.15) is 0 Å². The van der Waals surface area contributed by atoms with Gasteiger partial charge in [0.2, 0.25) is 0 Å². The minimum Gasteiger partial charge on any atom is -0.508 e. The zero-order chi connectivity index (χ0) is 13.1. The van der Waals surface area contributed by atoms with Crippen molar-refractivity contribution >= 4 is 0 Å². The number of allylic oxidation sites excluding steroid dienone is 1. The van der Waals surface area contributed by atoms with Crippen LogP contribution in [0.3, 0.4) is 0 Å². The van der Waals surface area contributed by atoms with E-state index in [-0.39, 0.29) is 0 Å². The van der Waals surface area contributed by atoms with Gasteiger partial charge in [-0.3, -0.25) is 0 Å². The number of aryl methyl sites for hydroxylation is 1. The Labute approximate surface area is 104 Å². The van der Waals surface area contributed by atoms with Crippen molar-refractivity contribution in [2.45, 2.75) is 45.6 Å². The average molecular weight is 234 g/mol. The molecule has 0 amide bonds. The summed E-state index contributed by atoms with van der Waals surface area (Å²) in [6.07, 6.45) is 4.64. The summed E-state index contributed by atoms with van der Waals surface area (Å²) in [5.74, 6) is 0.681. The van der Waals surface area contributed by atoms with Crippen LogP contribution in [-0.4, -0.2) is 15.8 Å². The number of phenols is 1. The van der Waals surface area contributed by atoms with Crippen molar-refractivity contribution in [2.24, 2.45) is 0 Å². The topological polar surface area (TPSA) is 40.5 Å². The van der Waals surface area contributed by atoms with Crippen molar-refractivity contribution in [1.82, 2.24) is 0 Å². The molecule has 0 spiro atoms. The smallest absolute Gasteiger partial charge is 0.118 e. The third-order valence-electron chi connectivity index (χ3n) is 2.82. The van der Waals surface area contributed by atoms with Gasteiger partial charge in [-0.25, -0.2) is 0 Å². The Morgan fingerprint density at radius 3 is 2.53 bits per heavy atom. The van der Waals surface area contributed by atoms with E-state index in [1.807, 2.05) is 31.2 Å². The third kappa shape index (κ3) is 4.61. The molecule has 1 atom stereocenters. The lowest BCUT2D eigenvalue weighted by Gasteiger charge is -2.13. The largest absolute Gasteiger partial charge is 0.508 e. The van der Waals surface area contributed by atoms with Crippen molar-refractivity contribution < 1.29 is 10.2 Å². The molecule has 17 heavy (non-hydrogen) atoms. The second-order valence-corrected chi connectivity index (χ2v) is 5.24. The molecule has 0 radical (unpaired) electrons. The van der Waals surface area contributed by atoms with Crippen LogP contribution >= 0.6 is 0 Å². The second-order valence-electron chi connectivity index (χ2n) is 5.24. The molecule has 0 unspecified atom stereocenters. The summed E-state index contributed by atoms with van der Waals surface area (Å²) in [5, 5.41) is 19.2. The summed E-state index contributed by atoms with van der Waals surface area (Å²) < 4.78 is 0. The highest BCUT2D eigenvalue weighted by molar-refractivity contribution is 5.36. The van der Waals surface area contributed by atoms with Crippen LogP contribution in [0.1, 0.15) is 44.2 Å². The molecule has 2 nitrogen and oxygen atoms in total. The molecule has 0 saturated carbocycles. The van der Waals surface area contributed by atoms with Crippen molar-refractivity contribution in [3.05, 3.63) is 41.5 Å². The fraction of sp³-hybridized carbons (Fsp3) is 0.467. The minimum absolute atomic E-state index is 0.333. The molecule has 0 aromatic heterocycles. The quantitative estimate of drug-likeness (QED) is 0.782. The maximum absolute atomic E-state index is 9.65. The molecular weight excluding hydrogens is 212 g/mol. The molecule has 0 bridgehead atoms. The van der Waals surface area contributed by atoms with Crippen LogP contribution in [-0.2, 0) is 0 Å². The van der Waals surface area contributed by atoms with Crippen LogP contribution in [0.5, 0.6) is 5.75 Å². The molecule has 0 aliphatic heterocycles. The molecule has 1 rings (SSSR count). The lowest BCUT2D eigenvalue weighted by molar-refractivity contribution is 0.133. The monoisotopic (exact) mass is 234 g/mol. The number of phenolic OH excluding ortho intramolecular Hbond substituents is 1. The van der Waals surface area contributed by atoms with E-state index in [0.29, 0.717) is 11.7 Å². The SMILES string of the molecule is Cc1ccc([C@H](C)C/C=C/C(C)(C)O)cc1O. The average Bonchev–Trinajstić information content (AvgIpc) is 2.20. The van der Waals surface area contributed by atoms with Crippen molar-refractivity contribution in [3.8, 4) is 5.75 Å². The molecule has 0 aliphatic carbocycles. The Balaban J connectivity index is 2.67. The van der Waals surface area contributed by atoms with Gasteiger partial charge in [-0.15, -0.1) is 0 Å². The Bertz CT molecular complexity index is 400. The van der Waals surface area contributed by atoms with E-state index in [2.05, 4.69) is 6.92 Å². The van der Waals surface area contributed by atoms with Crippen LogP contribution < -0.4 is 0 Å². The van der Waals surface area contributed by atoms with Crippen LogP contribution in [0.15, 0.2) is 30.4 Å². The maximum atomic E-state index is 9.65. The van der Waals surface area contributed by atoms with Gasteiger partial charge in [0.05, 0.1) is 5.60 Å². The number of aromatic hydroxyl groups is 1. The zero-order valence-corrected chi connectivity index (χ0v) is 11.1. The fourth-order valence-electron chi connectivity index (χ4n) is 1.63. The number of aliphatic hydroxyl groups is 1. The summed E-state index contributed by atoms with van der Waals surface area (Å²) in [4.78, 5) is 0. The van der Waals surface area contributed by atoms with E-state index in [0.717, 1.165) is 17.5 Å². The summed E-state index contributed by atoms with van der Waals surface area (Å²) in [5.41, 5.74) is 1.26. The molecule has 94 valence electrons. The first-order chi connectivity index (χ1) is 7.79. The fourth-order valence-corrected chi connectivity index (χ4v) is 1.63. The number of hydrogen-bond donors (Lipinski definition) is 2. The molecule has 2 heteroatoms. The van der Waals surface area contributed by atoms with E-state index in [1.54, 1.807) is 19.9 Å². The Kier molecular flexibility index (Phi) is 4.35. The van der Waals surface area contributed by atoms with E-state index in [4.69, 9.17) is 0 Å². The van der Waals surface area contributed by atoms with Gasteiger partial charge < -0.3 is 10.2 Å². The van der Waals surface area contributed by atoms with Gasteiger partial charge in [0, 0.05) is 0 Å². The van der Waals surface area contributed by atoms with Gasteiger partial charge in [-0.05, 0) is 50.3 Å². The molecular formula is C15H22O2.